The van der Waals surface area contributed by atoms with Crippen molar-refractivity contribution < 1.29 is 31.4 Å². The molecule has 11 heteroatoms. The standard InChI is InChI=1S/C23H25F2N3O5S/c1-4-34(30,31)27-17-6-9-21(33-22-8-5-16(24)13-20(22)25)19(14-17)18-7-10-23(28(29)15(18)2)32-12-11-26-3/h5-10,13-14,26-27H,4,11-12H2,1-3H3. The van der Waals surface area contributed by atoms with Crippen molar-refractivity contribution in [2.24, 2.45) is 0 Å². The molecule has 3 aromatic rings. The Morgan fingerprint density at radius 2 is 1.76 bits per heavy atom. The fourth-order valence-corrected chi connectivity index (χ4v) is 3.72. The van der Waals surface area contributed by atoms with E-state index in [1.807, 2.05) is 0 Å². The van der Waals surface area contributed by atoms with Gasteiger partial charge in [-0.3, -0.25) is 4.72 Å². The van der Waals surface area contributed by atoms with Gasteiger partial charge in [-0.2, -0.15) is 0 Å². The number of nitrogens with zero attached hydrogens (tertiary/aromatic N) is 1. The molecule has 182 valence electrons. The lowest BCUT2D eigenvalue weighted by molar-refractivity contribution is -0.618. The highest BCUT2D eigenvalue weighted by Gasteiger charge is 2.21. The third-order valence-electron chi connectivity index (χ3n) is 4.93. The van der Waals surface area contributed by atoms with E-state index >= 15 is 0 Å². The minimum atomic E-state index is -3.58. The Bertz CT molecular complexity index is 1290. The molecule has 8 nitrogen and oxygen atoms in total. The van der Waals surface area contributed by atoms with Gasteiger partial charge < -0.3 is 20.0 Å². The van der Waals surface area contributed by atoms with E-state index < -0.39 is 21.7 Å². The Kier molecular flexibility index (Phi) is 7.90. The second kappa shape index (κ2) is 10.7. The van der Waals surface area contributed by atoms with Gasteiger partial charge in [0.25, 0.3) is 0 Å². The van der Waals surface area contributed by atoms with Gasteiger partial charge in [0.05, 0.1) is 17.4 Å². The van der Waals surface area contributed by atoms with Gasteiger partial charge in [0, 0.05) is 30.8 Å². The van der Waals surface area contributed by atoms with Gasteiger partial charge in [0.2, 0.25) is 15.7 Å². The maximum atomic E-state index is 14.2. The van der Waals surface area contributed by atoms with Gasteiger partial charge in [-0.05, 0) is 50.4 Å². The molecule has 2 N–H and O–H groups in total. The summed E-state index contributed by atoms with van der Waals surface area (Å²) in [5.41, 5.74) is 1.21. The number of sulfonamides is 1. The van der Waals surface area contributed by atoms with Crippen LogP contribution >= 0.6 is 0 Å². The molecule has 0 spiro atoms. The first-order valence-corrected chi connectivity index (χ1v) is 12.1. The highest BCUT2D eigenvalue weighted by molar-refractivity contribution is 7.92. The van der Waals surface area contributed by atoms with E-state index in [4.69, 9.17) is 9.47 Å². The maximum absolute atomic E-state index is 14.2. The van der Waals surface area contributed by atoms with E-state index in [1.54, 1.807) is 20.0 Å². The van der Waals surface area contributed by atoms with Gasteiger partial charge in [-0.25, -0.2) is 17.2 Å². The van der Waals surface area contributed by atoms with Crippen molar-refractivity contribution in [3.05, 3.63) is 71.1 Å². The van der Waals surface area contributed by atoms with E-state index in [2.05, 4.69) is 10.0 Å². The first-order valence-electron chi connectivity index (χ1n) is 10.4. The molecule has 0 amide bonds. The van der Waals surface area contributed by atoms with Gasteiger partial charge in [-0.15, -0.1) is 4.73 Å². The number of halogens is 2. The van der Waals surface area contributed by atoms with Crippen molar-refractivity contribution in [2.75, 3.05) is 30.7 Å². The number of hydrogen-bond acceptors (Lipinski definition) is 6. The van der Waals surface area contributed by atoms with E-state index in [0.29, 0.717) is 28.5 Å². The van der Waals surface area contributed by atoms with Crippen molar-refractivity contribution in [3.63, 3.8) is 0 Å². The van der Waals surface area contributed by atoms with Gasteiger partial charge in [-0.1, -0.05) is 0 Å². The molecule has 0 unspecified atom stereocenters. The molecule has 0 bridgehead atoms. The zero-order valence-electron chi connectivity index (χ0n) is 18.9. The lowest BCUT2D eigenvalue weighted by atomic mass is 10.0. The minimum Gasteiger partial charge on any atom is -0.616 e. The smallest absolute Gasteiger partial charge is 0.379 e. The third kappa shape index (κ3) is 5.91. The molecule has 1 heterocycles. The molecule has 0 atom stereocenters. The number of pyridine rings is 1. The van der Waals surface area contributed by atoms with Crippen molar-refractivity contribution in [3.8, 4) is 28.5 Å². The zero-order valence-corrected chi connectivity index (χ0v) is 19.7. The van der Waals surface area contributed by atoms with E-state index in [0.717, 1.165) is 12.1 Å². The van der Waals surface area contributed by atoms with Gasteiger partial charge >= 0.3 is 5.88 Å². The quantitative estimate of drug-likeness (QED) is 0.254. The van der Waals surface area contributed by atoms with E-state index in [1.165, 1.54) is 31.2 Å². The average molecular weight is 494 g/mol. The van der Waals surface area contributed by atoms with E-state index in [9.17, 15) is 22.4 Å². The van der Waals surface area contributed by atoms with Crippen molar-refractivity contribution in [1.82, 2.24) is 5.32 Å². The van der Waals surface area contributed by atoms with Crippen molar-refractivity contribution >= 4 is 15.7 Å². The molecule has 1 aromatic heterocycles. The van der Waals surface area contributed by atoms with Crippen LogP contribution in [0.25, 0.3) is 11.1 Å². The highest BCUT2D eigenvalue weighted by atomic mass is 32.2. The number of rotatable bonds is 10. The monoisotopic (exact) mass is 493 g/mol. The Morgan fingerprint density at radius 3 is 2.44 bits per heavy atom. The molecule has 0 aliphatic heterocycles. The van der Waals surface area contributed by atoms with Crippen LogP contribution in [0.5, 0.6) is 17.4 Å². The predicted molar refractivity (Wildman–Crippen MR) is 125 cm³/mol. The number of nitrogens with one attached hydrogen (secondary N) is 2. The summed E-state index contributed by atoms with van der Waals surface area (Å²) in [5.74, 6) is -1.82. The number of anilines is 1. The number of ether oxygens (including phenoxy) is 2. The molecule has 0 aliphatic carbocycles. The summed E-state index contributed by atoms with van der Waals surface area (Å²) >= 11 is 0. The van der Waals surface area contributed by atoms with Gasteiger partial charge in [0.15, 0.2) is 11.6 Å². The first kappa shape index (κ1) is 25.2. The van der Waals surface area contributed by atoms with Crippen LogP contribution in [-0.2, 0) is 10.0 Å². The molecular formula is C23H25F2N3O5S. The van der Waals surface area contributed by atoms with Crippen LogP contribution in [0.3, 0.4) is 0 Å². The number of likely N-dealkylation sites (N-methyl/N-ethyl adjacent to an activating group) is 1. The SMILES string of the molecule is CCS(=O)(=O)Nc1ccc(Oc2ccc(F)cc2F)c(-c2ccc(OCCNC)[n+]([O-])c2C)c1. The van der Waals surface area contributed by atoms with Crippen LogP contribution < -0.4 is 24.2 Å². The summed E-state index contributed by atoms with van der Waals surface area (Å²) in [6.07, 6.45) is 0. The van der Waals surface area contributed by atoms with Crippen LogP contribution in [-0.4, -0.2) is 34.4 Å². The Labute approximate surface area is 196 Å². The lowest BCUT2D eigenvalue weighted by Crippen LogP contribution is -2.34. The third-order valence-corrected chi connectivity index (χ3v) is 6.23. The van der Waals surface area contributed by atoms with E-state index in [-0.39, 0.29) is 41.1 Å². The minimum absolute atomic E-state index is 0.0892. The second-order valence-corrected chi connectivity index (χ2v) is 9.32. The fraction of sp³-hybridized carbons (Fsp3) is 0.261. The zero-order chi connectivity index (χ0) is 24.9. The molecule has 0 saturated heterocycles. The predicted octanol–water partition coefficient (Wildman–Crippen LogP) is 3.73. The average Bonchev–Trinajstić information content (AvgIpc) is 2.79. The van der Waals surface area contributed by atoms with Crippen LogP contribution in [0.1, 0.15) is 12.6 Å². The second-order valence-electron chi connectivity index (χ2n) is 7.31. The summed E-state index contributed by atoms with van der Waals surface area (Å²) in [6.45, 7) is 3.89. The van der Waals surface area contributed by atoms with Crippen LogP contribution in [0.2, 0.25) is 0 Å². The molecule has 3 rings (SSSR count). The molecule has 0 saturated carbocycles. The first-order chi connectivity index (χ1) is 16.1. The normalized spacial score (nSPS) is 11.3. The number of hydrogen-bond donors (Lipinski definition) is 2. The maximum Gasteiger partial charge on any atom is 0.379 e. The molecule has 0 fully saturated rings. The van der Waals surface area contributed by atoms with Crippen LogP contribution in [0.15, 0.2) is 48.5 Å². The lowest BCUT2D eigenvalue weighted by Gasteiger charge is -2.16. The summed E-state index contributed by atoms with van der Waals surface area (Å²) in [5, 5.41) is 15.7. The van der Waals surface area contributed by atoms with Crippen LogP contribution in [0, 0.1) is 23.8 Å². The Balaban J connectivity index is 2.09. The summed E-state index contributed by atoms with van der Waals surface area (Å²) in [4.78, 5) is 0. The summed E-state index contributed by atoms with van der Waals surface area (Å²) in [7, 11) is -1.82. The van der Waals surface area contributed by atoms with Crippen LogP contribution in [0.4, 0.5) is 14.5 Å². The largest absolute Gasteiger partial charge is 0.616 e. The van der Waals surface area contributed by atoms with Gasteiger partial charge in [0.1, 0.15) is 18.2 Å². The molecule has 2 aromatic carbocycles. The highest BCUT2D eigenvalue weighted by Crippen LogP contribution is 2.38. The molecule has 34 heavy (non-hydrogen) atoms. The summed E-state index contributed by atoms with van der Waals surface area (Å²) < 4.78 is 65.9. The van der Waals surface area contributed by atoms with Crippen molar-refractivity contribution in [2.45, 2.75) is 13.8 Å². The molecular weight excluding hydrogens is 468 g/mol. The molecule has 0 aliphatic rings. The fourth-order valence-electron chi connectivity index (χ4n) is 3.09. The molecule has 0 radical (unpaired) electrons. The Hall–Kier alpha value is -3.44. The number of benzene rings is 2. The summed E-state index contributed by atoms with van der Waals surface area (Å²) in [6, 6.07) is 10.4. The Morgan fingerprint density at radius 1 is 1.03 bits per heavy atom. The van der Waals surface area contributed by atoms with Crippen molar-refractivity contribution in [1.29, 1.82) is 0 Å². The number of aromatic nitrogens is 1. The topological polar surface area (TPSA) is 104 Å².